The van der Waals surface area contributed by atoms with E-state index in [0.717, 1.165) is 16.5 Å². The second-order valence-corrected chi connectivity index (χ2v) is 7.84. The molecular weight excluding hydrogens is 340 g/mol. The Labute approximate surface area is 160 Å². The fourth-order valence-corrected chi connectivity index (χ4v) is 3.05. The predicted molar refractivity (Wildman–Crippen MR) is 114 cm³/mol. The normalized spacial score (nSPS) is 11.3. The molecule has 0 atom stereocenters. The van der Waals surface area contributed by atoms with Crippen LogP contribution in [-0.2, 0) is 12.0 Å². The van der Waals surface area contributed by atoms with Gasteiger partial charge in [-0.2, -0.15) is 0 Å². The molecule has 4 heteroatoms. The van der Waals surface area contributed by atoms with Gasteiger partial charge in [-0.25, -0.2) is 0 Å². The van der Waals surface area contributed by atoms with Crippen molar-refractivity contribution in [1.82, 2.24) is 5.32 Å². The summed E-state index contributed by atoms with van der Waals surface area (Å²) < 4.78 is 0. The van der Waals surface area contributed by atoms with Gasteiger partial charge in [0.25, 0.3) is 0 Å². The summed E-state index contributed by atoms with van der Waals surface area (Å²) in [7, 11) is 0. The van der Waals surface area contributed by atoms with Gasteiger partial charge >= 0.3 is 0 Å². The van der Waals surface area contributed by atoms with Gasteiger partial charge in [0, 0.05) is 23.0 Å². The summed E-state index contributed by atoms with van der Waals surface area (Å²) in [5.74, 6) is 0.268. The van der Waals surface area contributed by atoms with E-state index in [0.29, 0.717) is 11.7 Å². The largest absolute Gasteiger partial charge is 0.507 e. The number of nitrogens with one attached hydrogen (secondary N) is 2. The Morgan fingerprint density at radius 1 is 0.923 bits per heavy atom. The first-order valence-electron chi connectivity index (χ1n) is 8.69. The van der Waals surface area contributed by atoms with Gasteiger partial charge in [0.15, 0.2) is 5.11 Å². The molecule has 0 aliphatic rings. The van der Waals surface area contributed by atoms with Crippen LogP contribution in [0.15, 0.2) is 60.7 Å². The van der Waals surface area contributed by atoms with E-state index in [1.165, 1.54) is 11.1 Å². The van der Waals surface area contributed by atoms with E-state index in [-0.39, 0.29) is 11.2 Å². The molecule has 0 aliphatic heterocycles. The lowest BCUT2D eigenvalue weighted by Crippen LogP contribution is -2.28. The maximum atomic E-state index is 9.99. The maximum absolute atomic E-state index is 9.99. The number of phenolic OH excluding ortho intramolecular Hbond substituents is 1. The fourth-order valence-electron chi connectivity index (χ4n) is 2.86. The first kappa shape index (κ1) is 18.2. The number of benzene rings is 3. The van der Waals surface area contributed by atoms with E-state index < -0.39 is 0 Å². The molecule has 0 heterocycles. The van der Waals surface area contributed by atoms with Crippen molar-refractivity contribution < 1.29 is 5.11 Å². The highest BCUT2D eigenvalue weighted by atomic mass is 32.1. The third-order valence-electron chi connectivity index (χ3n) is 4.42. The molecule has 0 saturated carbocycles. The highest BCUT2D eigenvalue weighted by Crippen LogP contribution is 2.30. The summed E-state index contributed by atoms with van der Waals surface area (Å²) in [6.07, 6.45) is 0. The zero-order valence-electron chi connectivity index (χ0n) is 15.3. The van der Waals surface area contributed by atoms with Gasteiger partial charge in [-0.3, -0.25) is 0 Å². The molecule has 0 aromatic heterocycles. The highest BCUT2D eigenvalue weighted by Gasteiger charge is 2.12. The summed E-state index contributed by atoms with van der Waals surface area (Å²) in [5, 5.41) is 18.8. The molecule has 0 spiro atoms. The van der Waals surface area contributed by atoms with Crippen LogP contribution in [0.4, 0.5) is 5.69 Å². The lowest BCUT2D eigenvalue weighted by Gasteiger charge is -2.19. The third-order valence-corrected chi connectivity index (χ3v) is 4.67. The van der Waals surface area contributed by atoms with Crippen molar-refractivity contribution in [3.63, 3.8) is 0 Å². The summed E-state index contributed by atoms with van der Waals surface area (Å²) in [6.45, 7) is 7.29. The summed E-state index contributed by atoms with van der Waals surface area (Å²) in [5.41, 5.74) is 3.53. The Kier molecular flexibility index (Phi) is 5.14. The summed E-state index contributed by atoms with van der Waals surface area (Å²) in [4.78, 5) is 0. The van der Waals surface area contributed by atoms with Crippen molar-refractivity contribution in [2.45, 2.75) is 32.7 Å². The lowest BCUT2D eigenvalue weighted by atomic mass is 9.87. The van der Waals surface area contributed by atoms with Crippen LogP contribution in [0.3, 0.4) is 0 Å². The molecule has 3 N–H and O–H groups in total. The van der Waals surface area contributed by atoms with E-state index in [1.54, 1.807) is 6.07 Å². The van der Waals surface area contributed by atoms with Gasteiger partial charge in [-0.15, -0.1) is 0 Å². The molecule has 134 valence electrons. The molecule has 0 fully saturated rings. The molecule has 3 nitrogen and oxygen atoms in total. The number of hydrogen-bond donors (Lipinski definition) is 3. The monoisotopic (exact) mass is 364 g/mol. The third kappa shape index (κ3) is 4.14. The van der Waals surface area contributed by atoms with Crippen LogP contribution in [0.1, 0.15) is 31.9 Å². The van der Waals surface area contributed by atoms with E-state index in [4.69, 9.17) is 12.2 Å². The first-order valence-corrected chi connectivity index (χ1v) is 9.10. The van der Waals surface area contributed by atoms with Crippen molar-refractivity contribution >= 4 is 33.8 Å². The molecule has 3 aromatic carbocycles. The fraction of sp³-hybridized carbons (Fsp3) is 0.227. The number of fused-ring (bicyclic) bond motifs is 1. The van der Waals surface area contributed by atoms with Crippen molar-refractivity contribution in [2.24, 2.45) is 0 Å². The Bertz CT molecular complexity index is 927. The number of aromatic hydroxyl groups is 1. The van der Waals surface area contributed by atoms with Crippen molar-refractivity contribution in [1.29, 1.82) is 0 Å². The van der Waals surface area contributed by atoms with Gasteiger partial charge in [0.05, 0.1) is 0 Å². The summed E-state index contributed by atoms with van der Waals surface area (Å²) in [6, 6.07) is 19.8. The molecule has 0 radical (unpaired) electrons. The number of hydrogen-bond acceptors (Lipinski definition) is 2. The first-order chi connectivity index (χ1) is 12.3. The van der Waals surface area contributed by atoms with E-state index in [9.17, 15) is 5.11 Å². The highest BCUT2D eigenvalue weighted by molar-refractivity contribution is 7.80. The van der Waals surface area contributed by atoms with Crippen LogP contribution in [0.2, 0.25) is 0 Å². The second-order valence-electron chi connectivity index (χ2n) is 7.43. The van der Waals surface area contributed by atoms with Gasteiger partial charge in [-0.05, 0) is 40.9 Å². The van der Waals surface area contributed by atoms with Crippen LogP contribution >= 0.6 is 12.2 Å². The Balaban J connectivity index is 1.66. The molecule has 26 heavy (non-hydrogen) atoms. The molecule has 0 aliphatic carbocycles. The topological polar surface area (TPSA) is 44.3 Å². The van der Waals surface area contributed by atoms with Crippen molar-refractivity contribution in [3.8, 4) is 5.75 Å². The van der Waals surface area contributed by atoms with Crippen LogP contribution in [0.5, 0.6) is 5.75 Å². The molecule has 3 aromatic rings. The standard InChI is InChI=1S/C22H24N2OS/c1-22(2,3)16-10-8-15(9-11-16)14-23-21(26)24-19-12-13-20(25)18-7-5-4-6-17(18)19/h4-13,25H,14H2,1-3H3,(H2,23,24,26). The molecule has 0 saturated heterocycles. The molecule has 0 unspecified atom stereocenters. The maximum Gasteiger partial charge on any atom is 0.171 e. The smallest absolute Gasteiger partial charge is 0.171 e. The van der Waals surface area contributed by atoms with Crippen LogP contribution in [0.25, 0.3) is 10.8 Å². The van der Waals surface area contributed by atoms with Crippen molar-refractivity contribution in [2.75, 3.05) is 5.32 Å². The molecular formula is C22H24N2OS. The molecule has 3 rings (SSSR count). The van der Waals surface area contributed by atoms with Crippen LogP contribution < -0.4 is 10.6 Å². The van der Waals surface area contributed by atoms with E-state index >= 15 is 0 Å². The molecule has 0 bridgehead atoms. The van der Waals surface area contributed by atoms with Crippen molar-refractivity contribution in [3.05, 3.63) is 71.8 Å². The zero-order valence-corrected chi connectivity index (χ0v) is 16.2. The van der Waals surface area contributed by atoms with E-state index in [1.807, 2.05) is 30.3 Å². The average Bonchev–Trinajstić information content (AvgIpc) is 2.62. The van der Waals surface area contributed by atoms with Gasteiger partial charge in [0.1, 0.15) is 5.75 Å². The minimum Gasteiger partial charge on any atom is -0.507 e. The van der Waals surface area contributed by atoms with Crippen LogP contribution in [-0.4, -0.2) is 10.2 Å². The Morgan fingerprint density at radius 2 is 1.58 bits per heavy atom. The minimum absolute atomic E-state index is 0.155. The quantitative estimate of drug-likeness (QED) is 0.434. The number of thiocarbonyl (C=S) groups is 1. The van der Waals surface area contributed by atoms with Gasteiger partial charge < -0.3 is 15.7 Å². The Morgan fingerprint density at radius 3 is 2.23 bits per heavy atom. The number of anilines is 1. The Hall–Kier alpha value is -2.59. The predicted octanol–water partition coefficient (Wildman–Crippen LogP) is 5.33. The lowest BCUT2D eigenvalue weighted by molar-refractivity contribution is 0.481. The van der Waals surface area contributed by atoms with Gasteiger partial charge in [0.2, 0.25) is 0 Å². The SMILES string of the molecule is CC(C)(C)c1ccc(CNC(=S)Nc2ccc(O)c3ccccc23)cc1. The minimum atomic E-state index is 0.155. The average molecular weight is 365 g/mol. The van der Waals surface area contributed by atoms with E-state index in [2.05, 4.69) is 55.7 Å². The number of phenols is 1. The van der Waals surface area contributed by atoms with Gasteiger partial charge in [-0.1, -0.05) is 69.3 Å². The molecule has 0 amide bonds. The zero-order chi connectivity index (χ0) is 18.7. The summed E-state index contributed by atoms with van der Waals surface area (Å²) >= 11 is 5.43. The number of rotatable bonds is 3. The van der Waals surface area contributed by atoms with Crippen LogP contribution in [0, 0.1) is 0 Å². The second kappa shape index (κ2) is 7.34.